The number of nitrogens with two attached hydrogens (primary N) is 1. The lowest BCUT2D eigenvalue weighted by Crippen LogP contribution is -2.90. The number of ether oxygens (including phenoxy) is 1. The molecule has 1 aromatic rings. The van der Waals surface area contributed by atoms with E-state index in [1.54, 1.807) is 4.90 Å². The van der Waals surface area contributed by atoms with Crippen LogP contribution in [0.5, 0.6) is 0 Å². The fourth-order valence-electron chi connectivity index (χ4n) is 4.10. The summed E-state index contributed by atoms with van der Waals surface area (Å²) in [5, 5.41) is 4.83. The number of quaternary nitrogens is 1. The SMILES string of the molecule is C[NH2+][C@H](C(=O)N[C@@H](CC(C)C)C(=O)N1CCC[C@H]1C(=O)OCc1ccccc1)C(C)C. The van der Waals surface area contributed by atoms with E-state index in [9.17, 15) is 14.4 Å². The molecule has 0 unspecified atom stereocenters. The van der Waals surface area contributed by atoms with Crippen LogP contribution >= 0.6 is 0 Å². The quantitative estimate of drug-likeness (QED) is 0.548. The van der Waals surface area contributed by atoms with Gasteiger partial charge in [-0.2, -0.15) is 0 Å². The predicted molar refractivity (Wildman–Crippen MR) is 119 cm³/mol. The summed E-state index contributed by atoms with van der Waals surface area (Å²) in [5.41, 5.74) is 0.909. The van der Waals surface area contributed by atoms with Gasteiger partial charge in [-0.1, -0.05) is 58.0 Å². The number of carbonyl (C=O) groups is 3. The van der Waals surface area contributed by atoms with E-state index in [-0.39, 0.29) is 42.3 Å². The molecule has 0 saturated carbocycles. The van der Waals surface area contributed by atoms with E-state index < -0.39 is 12.1 Å². The molecule has 1 aromatic carbocycles. The first-order valence-electron chi connectivity index (χ1n) is 11.4. The average Bonchev–Trinajstić information content (AvgIpc) is 3.21. The van der Waals surface area contributed by atoms with E-state index in [1.165, 1.54) is 0 Å². The fourth-order valence-corrected chi connectivity index (χ4v) is 4.10. The third-order valence-corrected chi connectivity index (χ3v) is 5.73. The number of hydrogen-bond acceptors (Lipinski definition) is 4. The van der Waals surface area contributed by atoms with Crippen molar-refractivity contribution in [3.05, 3.63) is 35.9 Å². The van der Waals surface area contributed by atoms with Crippen LogP contribution in [0.3, 0.4) is 0 Å². The smallest absolute Gasteiger partial charge is 0.329 e. The molecule has 31 heavy (non-hydrogen) atoms. The number of amides is 2. The predicted octanol–water partition coefficient (Wildman–Crippen LogP) is 1.47. The molecule has 1 aliphatic rings. The molecule has 2 rings (SSSR count). The van der Waals surface area contributed by atoms with E-state index in [4.69, 9.17) is 4.74 Å². The Morgan fingerprint density at radius 1 is 1.16 bits per heavy atom. The molecule has 7 nitrogen and oxygen atoms in total. The van der Waals surface area contributed by atoms with Crippen molar-refractivity contribution in [3.8, 4) is 0 Å². The van der Waals surface area contributed by atoms with Gasteiger partial charge in [-0.15, -0.1) is 0 Å². The lowest BCUT2D eigenvalue weighted by molar-refractivity contribution is -0.656. The minimum Gasteiger partial charge on any atom is -0.459 e. The molecule has 1 saturated heterocycles. The Hall–Kier alpha value is -2.41. The molecule has 0 spiro atoms. The number of esters is 1. The van der Waals surface area contributed by atoms with Crippen molar-refractivity contribution in [2.45, 2.75) is 71.7 Å². The van der Waals surface area contributed by atoms with Crippen LogP contribution in [-0.4, -0.2) is 54.4 Å². The number of rotatable bonds is 10. The van der Waals surface area contributed by atoms with Gasteiger partial charge in [0.15, 0.2) is 6.04 Å². The molecule has 3 atom stereocenters. The summed E-state index contributed by atoms with van der Waals surface area (Å²) in [5.74, 6) is -0.347. The summed E-state index contributed by atoms with van der Waals surface area (Å²) < 4.78 is 5.50. The molecule has 1 aliphatic heterocycles. The van der Waals surface area contributed by atoms with E-state index in [0.717, 1.165) is 12.0 Å². The van der Waals surface area contributed by atoms with Gasteiger partial charge in [-0.3, -0.25) is 9.59 Å². The molecule has 1 fully saturated rings. The zero-order valence-corrected chi connectivity index (χ0v) is 19.5. The number of likely N-dealkylation sites (N-methyl/N-ethyl adjacent to an activating group) is 1. The summed E-state index contributed by atoms with van der Waals surface area (Å²) in [4.78, 5) is 40.5. The Morgan fingerprint density at radius 2 is 1.84 bits per heavy atom. The van der Waals surface area contributed by atoms with Crippen LogP contribution in [0.4, 0.5) is 0 Å². The Balaban J connectivity index is 2.07. The molecule has 0 aromatic heterocycles. The van der Waals surface area contributed by atoms with Crippen LogP contribution < -0.4 is 10.6 Å². The first kappa shape index (κ1) is 24.9. The standard InChI is InChI=1S/C24H37N3O4/c1-16(2)14-19(26-22(28)21(25-5)17(3)4)23(29)27-13-9-12-20(27)24(30)31-15-18-10-7-6-8-11-18/h6-8,10-11,16-17,19-21,25H,9,12-15H2,1-5H3,(H,26,28)/p+1/t19-,20-,21-/m0/s1. The third kappa shape index (κ3) is 7.06. The molecular formula is C24H38N3O4+. The minimum atomic E-state index is -0.642. The largest absolute Gasteiger partial charge is 0.459 e. The Labute approximate surface area is 185 Å². The summed E-state index contributed by atoms with van der Waals surface area (Å²) >= 11 is 0. The van der Waals surface area contributed by atoms with Gasteiger partial charge >= 0.3 is 5.97 Å². The van der Waals surface area contributed by atoms with Gasteiger partial charge < -0.3 is 20.3 Å². The van der Waals surface area contributed by atoms with Gasteiger partial charge in [-0.25, -0.2) is 4.79 Å². The van der Waals surface area contributed by atoms with E-state index in [2.05, 4.69) is 5.32 Å². The van der Waals surface area contributed by atoms with Gasteiger partial charge in [0.25, 0.3) is 5.91 Å². The molecule has 0 bridgehead atoms. The Bertz CT molecular complexity index is 736. The van der Waals surface area contributed by atoms with Crippen molar-refractivity contribution < 1.29 is 24.4 Å². The topological polar surface area (TPSA) is 92.3 Å². The minimum absolute atomic E-state index is 0.140. The lowest BCUT2D eigenvalue weighted by atomic mass is 9.99. The molecule has 2 amide bonds. The maximum Gasteiger partial charge on any atom is 0.329 e. The average molecular weight is 433 g/mol. The molecule has 172 valence electrons. The summed E-state index contributed by atoms with van der Waals surface area (Å²) in [6, 6.07) is 8.00. The molecule has 3 N–H and O–H groups in total. The van der Waals surface area contributed by atoms with Gasteiger partial charge in [0.2, 0.25) is 5.91 Å². The highest BCUT2D eigenvalue weighted by molar-refractivity contribution is 5.92. The maximum atomic E-state index is 13.4. The molecule has 0 aliphatic carbocycles. The maximum absolute atomic E-state index is 13.4. The number of nitrogens with one attached hydrogen (secondary N) is 1. The zero-order valence-electron chi connectivity index (χ0n) is 19.5. The molecule has 7 heteroatoms. The molecule has 1 heterocycles. The number of hydrogen-bond donors (Lipinski definition) is 2. The van der Waals surface area contributed by atoms with Gasteiger partial charge in [0.05, 0.1) is 7.05 Å². The first-order valence-corrected chi connectivity index (χ1v) is 11.4. The number of likely N-dealkylation sites (tertiary alicyclic amines) is 1. The highest BCUT2D eigenvalue weighted by atomic mass is 16.5. The van der Waals surface area contributed by atoms with Crippen LogP contribution in [0.25, 0.3) is 0 Å². The number of nitrogens with zero attached hydrogens (tertiary/aromatic N) is 1. The normalized spacial score (nSPS) is 18.2. The number of carbonyl (C=O) groups excluding carboxylic acids is 3. The van der Waals surface area contributed by atoms with E-state index in [1.807, 2.05) is 70.4 Å². The van der Waals surface area contributed by atoms with E-state index >= 15 is 0 Å². The highest BCUT2D eigenvalue weighted by Gasteiger charge is 2.39. The van der Waals surface area contributed by atoms with Gasteiger partial charge in [0.1, 0.15) is 18.7 Å². The Kier molecular flexibility index (Phi) is 9.49. The van der Waals surface area contributed by atoms with Crippen molar-refractivity contribution >= 4 is 17.8 Å². The monoisotopic (exact) mass is 432 g/mol. The van der Waals surface area contributed by atoms with Crippen LogP contribution in [0, 0.1) is 11.8 Å². The summed E-state index contributed by atoms with van der Waals surface area (Å²) in [6.45, 7) is 8.71. The summed E-state index contributed by atoms with van der Waals surface area (Å²) in [7, 11) is 1.86. The number of benzene rings is 1. The lowest BCUT2D eigenvalue weighted by Gasteiger charge is -2.30. The third-order valence-electron chi connectivity index (χ3n) is 5.73. The van der Waals surface area contributed by atoms with Crippen molar-refractivity contribution in [1.29, 1.82) is 0 Å². The van der Waals surface area contributed by atoms with Crippen LogP contribution in [0.2, 0.25) is 0 Å². The van der Waals surface area contributed by atoms with Crippen molar-refractivity contribution in [1.82, 2.24) is 10.2 Å². The van der Waals surface area contributed by atoms with Crippen molar-refractivity contribution in [2.75, 3.05) is 13.6 Å². The first-order chi connectivity index (χ1) is 14.7. The van der Waals surface area contributed by atoms with Crippen molar-refractivity contribution in [2.24, 2.45) is 11.8 Å². The second-order valence-electron chi connectivity index (χ2n) is 9.08. The van der Waals surface area contributed by atoms with Gasteiger partial charge in [-0.05, 0) is 30.7 Å². The van der Waals surface area contributed by atoms with Crippen LogP contribution in [0.15, 0.2) is 30.3 Å². The zero-order chi connectivity index (χ0) is 23.0. The Morgan fingerprint density at radius 3 is 2.42 bits per heavy atom. The van der Waals surface area contributed by atoms with E-state index in [0.29, 0.717) is 19.4 Å². The molecule has 0 radical (unpaired) electrons. The summed E-state index contributed by atoms with van der Waals surface area (Å²) in [6.07, 6.45) is 1.86. The van der Waals surface area contributed by atoms with Crippen LogP contribution in [-0.2, 0) is 25.7 Å². The second-order valence-corrected chi connectivity index (χ2v) is 9.08. The highest BCUT2D eigenvalue weighted by Crippen LogP contribution is 2.22. The van der Waals surface area contributed by atoms with Gasteiger partial charge in [0, 0.05) is 12.5 Å². The van der Waals surface area contributed by atoms with Crippen molar-refractivity contribution in [3.63, 3.8) is 0 Å². The second kappa shape index (κ2) is 11.8. The fraction of sp³-hybridized carbons (Fsp3) is 0.625. The molecular weight excluding hydrogens is 394 g/mol. The van der Waals surface area contributed by atoms with Crippen LogP contribution in [0.1, 0.15) is 52.5 Å².